The van der Waals surface area contributed by atoms with E-state index in [4.69, 9.17) is 4.74 Å². The molecule has 32 heavy (non-hydrogen) atoms. The Labute approximate surface area is 193 Å². The Balaban J connectivity index is 1.56. The number of carbonyl (C=O) groups is 1. The summed E-state index contributed by atoms with van der Waals surface area (Å²) in [5.74, 6) is 0.798. The molecule has 1 aliphatic rings. The molecule has 0 aliphatic carbocycles. The molecule has 0 saturated carbocycles. The first-order valence-corrected chi connectivity index (χ1v) is 11.9. The number of nitrogens with zero attached hydrogens (tertiary/aromatic N) is 4. The van der Waals surface area contributed by atoms with E-state index in [1.807, 2.05) is 37.3 Å². The molecule has 0 radical (unpaired) electrons. The molecule has 4 rings (SSSR count). The number of rotatable bonds is 8. The van der Waals surface area contributed by atoms with Crippen molar-refractivity contribution in [2.45, 2.75) is 37.2 Å². The summed E-state index contributed by atoms with van der Waals surface area (Å²) in [4.78, 5) is 15.1. The molecule has 1 aromatic heterocycles. The number of amides is 1. The maximum absolute atomic E-state index is 12.9. The second kappa shape index (κ2) is 10.7. The van der Waals surface area contributed by atoms with Gasteiger partial charge in [-0.05, 0) is 31.0 Å². The standard InChI is InChI=1S/C24H29N5O2S/c1-3-21(22(30)25-17-19-7-5-4-6-8-19)32-24-27-26-23(28-13-15-31-16-14-28)29(24)20-11-9-18(2)10-12-20/h4-12,21H,3,13-17H2,1-2H3,(H,25,30). The Bertz CT molecular complexity index is 1020. The number of aryl methyl sites for hydroxylation is 1. The van der Waals surface area contributed by atoms with Gasteiger partial charge in [-0.15, -0.1) is 10.2 Å². The topological polar surface area (TPSA) is 72.3 Å². The molecule has 1 aliphatic heterocycles. The number of aromatic nitrogens is 3. The van der Waals surface area contributed by atoms with Gasteiger partial charge in [0.2, 0.25) is 11.9 Å². The van der Waals surface area contributed by atoms with Gasteiger partial charge in [-0.25, -0.2) is 0 Å². The zero-order valence-corrected chi connectivity index (χ0v) is 19.3. The van der Waals surface area contributed by atoms with E-state index in [1.54, 1.807) is 0 Å². The zero-order valence-electron chi connectivity index (χ0n) is 18.5. The van der Waals surface area contributed by atoms with E-state index in [-0.39, 0.29) is 11.2 Å². The number of nitrogens with one attached hydrogen (secondary N) is 1. The molecule has 1 fully saturated rings. The lowest BCUT2D eigenvalue weighted by Gasteiger charge is -2.28. The van der Waals surface area contributed by atoms with E-state index in [2.05, 4.69) is 56.2 Å². The van der Waals surface area contributed by atoms with Crippen LogP contribution in [-0.2, 0) is 16.1 Å². The average Bonchev–Trinajstić information content (AvgIpc) is 3.26. The van der Waals surface area contributed by atoms with Crippen LogP contribution in [0.5, 0.6) is 0 Å². The van der Waals surface area contributed by atoms with E-state index >= 15 is 0 Å². The van der Waals surface area contributed by atoms with Crippen LogP contribution in [-0.4, -0.2) is 52.2 Å². The number of ether oxygens (including phenoxy) is 1. The fraction of sp³-hybridized carbons (Fsp3) is 0.375. The van der Waals surface area contributed by atoms with Crippen molar-refractivity contribution in [1.29, 1.82) is 0 Å². The first kappa shape index (κ1) is 22.4. The zero-order chi connectivity index (χ0) is 22.3. The largest absolute Gasteiger partial charge is 0.378 e. The van der Waals surface area contributed by atoms with Gasteiger partial charge in [0.15, 0.2) is 5.16 Å². The molecular formula is C24H29N5O2S. The van der Waals surface area contributed by atoms with Crippen molar-refractivity contribution in [1.82, 2.24) is 20.1 Å². The second-order valence-corrected chi connectivity index (χ2v) is 8.94. The van der Waals surface area contributed by atoms with Gasteiger partial charge in [-0.3, -0.25) is 9.36 Å². The summed E-state index contributed by atoms with van der Waals surface area (Å²) in [6.45, 7) is 7.48. The minimum Gasteiger partial charge on any atom is -0.378 e. The molecule has 2 aromatic carbocycles. The quantitative estimate of drug-likeness (QED) is 0.528. The van der Waals surface area contributed by atoms with Crippen molar-refractivity contribution in [2.75, 3.05) is 31.2 Å². The van der Waals surface area contributed by atoms with Crippen LogP contribution in [0, 0.1) is 6.92 Å². The van der Waals surface area contributed by atoms with Crippen LogP contribution in [0.2, 0.25) is 0 Å². The van der Waals surface area contributed by atoms with E-state index in [1.165, 1.54) is 17.3 Å². The highest BCUT2D eigenvalue weighted by Gasteiger charge is 2.26. The predicted molar refractivity (Wildman–Crippen MR) is 127 cm³/mol. The lowest BCUT2D eigenvalue weighted by atomic mass is 10.2. The molecular weight excluding hydrogens is 422 g/mol. The smallest absolute Gasteiger partial charge is 0.233 e. The van der Waals surface area contributed by atoms with Crippen LogP contribution in [0.25, 0.3) is 5.69 Å². The first-order valence-electron chi connectivity index (χ1n) is 11.0. The van der Waals surface area contributed by atoms with Crippen molar-refractivity contribution in [3.05, 3.63) is 65.7 Å². The summed E-state index contributed by atoms with van der Waals surface area (Å²) in [5.41, 5.74) is 3.26. The number of morpholine rings is 1. The Morgan fingerprint density at radius 3 is 2.50 bits per heavy atom. The van der Waals surface area contributed by atoms with Gasteiger partial charge in [0.1, 0.15) is 0 Å². The predicted octanol–water partition coefficient (Wildman–Crippen LogP) is 3.60. The first-order chi connectivity index (χ1) is 15.7. The monoisotopic (exact) mass is 451 g/mol. The fourth-order valence-electron chi connectivity index (χ4n) is 3.57. The average molecular weight is 452 g/mol. The maximum atomic E-state index is 12.9. The Hall–Kier alpha value is -2.84. The molecule has 1 saturated heterocycles. The number of anilines is 1. The third kappa shape index (κ3) is 5.31. The molecule has 3 aromatic rings. The maximum Gasteiger partial charge on any atom is 0.233 e. The molecule has 2 heterocycles. The molecule has 8 heteroatoms. The highest BCUT2D eigenvalue weighted by atomic mass is 32.2. The Morgan fingerprint density at radius 2 is 1.81 bits per heavy atom. The Morgan fingerprint density at radius 1 is 1.09 bits per heavy atom. The van der Waals surface area contributed by atoms with E-state index in [9.17, 15) is 4.79 Å². The number of hydrogen-bond acceptors (Lipinski definition) is 6. The molecule has 7 nitrogen and oxygen atoms in total. The van der Waals surface area contributed by atoms with Gasteiger partial charge in [0, 0.05) is 19.6 Å². The number of hydrogen-bond donors (Lipinski definition) is 1. The number of benzene rings is 2. The number of thioether (sulfide) groups is 1. The summed E-state index contributed by atoms with van der Waals surface area (Å²) in [6.07, 6.45) is 0.693. The van der Waals surface area contributed by atoms with Crippen LogP contribution in [0.15, 0.2) is 59.8 Å². The molecule has 1 unspecified atom stereocenters. The summed E-state index contributed by atoms with van der Waals surface area (Å²) in [7, 11) is 0. The van der Waals surface area contributed by atoms with E-state index in [0.29, 0.717) is 26.2 Å². The highest BCUT2D eigenvalue weighted by Crippen LogP contribution is 2.31. The highest BCUT2D eigenvalue weighted by molar-refractivity contribution is 8.00. The van der Waals surface area contributed by atoms with Gasteiger partial charge in [-0.2, -0.15) is 0 Å². The fourth-order valence-corrected chi connectivity index (χ4v) is 4.57. The Kier molecular flexibility index (Phi) is 7.44. The number of carbonyl (C=O) groups excluding carboxylic acids is 1. The van der Waals surface area contributed by atoms with Crippen molar-refractivity contribution < 1.29 is 9.53 Å². The van der Waals surface area contributed by atoms with E-state index in [0.717, 1.165) is 35.4 Å². The molecule has 1 N–H and O–H groups in total. The normalized spacial score (nSPS) is 14.9. The van der Waals surface area contributed by atoms with Crippen LogP contribution in [0.1, 0.15) is 24.5 Å². The van der Waals surface area contributed by atoms with Crippen LogP contribution in [0.4, 0.5) is 5.95 Å². The van der Waals surface area contributed by atoms with Crippen LogP contribution in [0.3, 0.4) is 0 Å². The minimum absolute atomic E-state index is 0.00716. The van der Waals surface area contributed by atoms with Crippen molar-refractivity contribution >= 4 is 23.6 Å². The molecule has 1 atom stereocenters. The summed E-state index contributed by atoms with van der Waals surface area (Å²) in [6, 6.07) is 18.3. The summed E-state index contributed by atoms with van der Waals surface area (Å²) in [5, 5.41) is 12.5. The van der Waals surface area contributed by atoms with Crippen molar-refractivity contribution in [3.63, 3.8) is 0 Å². The SMILES string of the molecule is CCC(Sc1nnc(N2CCOCC2)n1-c1ccc(C)cc1)C(=O)NCc1ccccc1. The molecule has 1 amide bonds. The minimum atomic E-state index is -0.260. The van der Waals surface area contributed by atoms with Crippen LogP contribution < -0.4 is 10.2 Å². The van der Waals surface area contributed by atoms with Crippen LogP contribution >= 0.6 is 11.8 Å². The third-order valence-corrected chi connectivity index (χ3v) is 6.73. The summed E-state index contributed by atoms with van der Waals surface area (Å²) < 4.78 is 7.57. The van der Waals surface area contributed by atoms with Gasteiger partial charge < -0.3 is 15.0 Å². The summed E-state index contributed by atoms with van der Waals surface area (Å²) >= 11 is 1.46. The lowest BCUT2D eigenvalue weighted by Crippen LogP contribution is -2.38. The van der Waals surface area contributed by atoms with E-state index < -0.39 is 0 Å². The molecule has 168 valence electrons. The second-order valence-electron chi connectivity index (χ2n) is 7.77. The van der Waals surface area contributed by atoms with Crippen molar-refractivity contribution in [2.24, 2.45) is 0 Å². The van der Waals surface area contributed by atoms with Gasteiger partial charge in [0.05, 0.1) is 24.2 Å². The lowest BCUT2D eigenvalue weighted by molar-refractivity contribution is -0.120. The van der Waals surface area contributed by atoms with Crippen molar-refractivity contribution in [3.8, 4) is 5.69 Å². The third-order valence-electron chi connectivity index (χ3n) is 5.42. The molecule has 0 bridgehead atoms. The van der Waals surface area contributed by atoms with Gasteiger partial charge in [-0.1, -0.05) is 66.7 Å². The molecule has 0 spiro atoms. The van der Waals surface area contributed by atoms with Gasteiger partial charge >= 0.3 is 0 Å². The van der Waals surface area contributed by atoms with Gasteiger partial charge in [0.25, 0.3) is 0 Å².